The van der Waals surface area contributed by atoms with Crippen molar-refractivity contribution in [3.05, 3.63) is 56.4 Å². The van der Waals surface area contributed by atoms with Crippen LogP contribution in [0.25, 0.3) is 6.08 Å². The Kier molecular flexibility index (Phi) is 5.54. The van der Waals surface area contributed by atoms with Gasteiger partial charge in [-0.15, -0.1) is 0 Å². The first-order valence-electron chi connectivity index (χ1n) is 6.48. The van der Waals surface area contributed by atoms with Crippen LogP contribution >= 0.6 is 27.5 Å². The lowest BCUT2D eigenvalue weighted by Crippen LogP contribution is -2.03. The molecule has 0 saturated carbocycles. The average Bonchev–Trinajstić information content (AvgIpc) is 2.55. The van der Waals surface area contributed by atoms with Gasteiger partial charge in [0.15, 0.2) is 11.5 Å². The summed E-state index contributed by atoms with van der Waals surface area (Å²) in [6, 6.07) is 10.1. The number of phenolic OH excluding ortho intramolecular Hbond substituents is 1. The smallest absolute Gasteiger partial charge is 0.216 e. The van der Waals surface area contributed by atoms with Gasteiger partial charge in [-0.25, -0.2) is 8.42 Å². The third-order valence-corrected chi connectivity index (χ3v) is 5.63. The lowest BCUT2D eigenvalue weighted by atomic mass is 10.2. The summed E-state index contributed by atoms with van der Waals surface area (Å²) < 4.78 is 30.4. The van der Waals surface area contributed by atoms with Crippen LogP contribution in [-0.4, -0.2) is 20.6 Å². The molecule has 0 atom stereocenters. The molecule has 124 valence electrons. The van der Waals surface area contributed by atoms with Crippen LogP contribution in [0.3, 0.4) is 0 Å². The van der Waals surface area contributed by atoms with Gasteiger partial charge in [0, 0.05) is 5.02 Å². The van der Waals surface area contributed by atoms with E-state index in [0.717, 1.165) is 0 Å². The molecule has 0 heterocycles. The number of rotatable bonds is 4. The lowest BCUT2D eigenvalue weighted by molar-refractivity contribution is 0.372. The topological polar surface area (TPSA) is 87.4 Å². The molecule has 2 aromatic carbocycles. The van der Waals surface area contributed by atoms with Crippen molar-refractivity contribution >= 4 is 43.4 Å². The van der Waals surface area contributed by atoms with Gasteiger partial charge in [-0.3, -0.25) is 0 Å². The van der Waals surface area contributed by atoms with Crippen LogP contribution in [0.2, 0.25) is 5.02 Å². The monoisotopic (exact) mass is 427 g/mol. The molecule has 2 rings (SSSR count). The number of benzene rings is 2. The van der Waals surface area contributed by atoms with Gasteiger partial charge in [0.05, 0.1) is 16.5 Å². The minimum Gasteiger partial charge on any atom is -0.503 e. The third-order valence-electron chi connectivity index (χ3n) is 3.09. The second kappa shape index (κ2) is 7.26. The van der Waals surface area contributed by atoms with E-state index in [2.05, 4.69) is 15.9 Å². The predicted molar refractivity (Wildman–Crippen MR) is 94.6 cm³/mol. The van der Waals surface area contributed by atoms with Gasteiger partial charge in [0.2, 0.25) is 9.84 Å². The first kappa shape index (κ1) is 18.3. The van der Waals surface area contributed by atoms with Crippen molar-refractivity contribution in [2.45, 2.75) is 4.90 Å². The molecule has 0 radical (unpaired) electrons. The number of ether oxygens (including phenoxy) is 1. The normalized spacial score (nSPS) is 11.8. The predicted octanol–water partition coefficient (Wildman–Crippen LogP) is 4.16. The van der Waals surface area contributed by atoms with Crippen LogP contribution in [0.4, 0.5) is 0 Å². The van der Waals surface area contributed by atoms with Crippen molar-refractivity contribution in [3.63, 3.8) is 0 Å². The number of halogens is 2. The average molecular weight is 429 g/mol. The van der Waals surface area contributed by atoms with Gasteiger partial charge in [-0.1, -0.05) is 11.6 Å². The molecule has 0 amide bonds. The van der Waals surface area contributed by atoms with Crippen LogP contribution < -0.4 is 4.74 Å². The summed E-state index contributed by atoms with van der Waals surface area (Å²) in [5, 5.41) is 19.5. The molecule has 0 aliphatic rings. The Hall–Kier alpha value is -2.01. The van der Waals surface area contributed by atoms with Crippen molar-refractivity contribution in [3.8, 4) is 17.6 Å². The second-order valence-corrected chi connectivity index (χ2v) is 7.84. The summed E-state index contributed by atoms with van der Waals surface area (Å²) in [6.07, 6.45) is 1.21. The summed E-state index contributed by atoms with van der Waals surface area (Å²) in [7, 11) is -2.62. The number of hydrogen-bond donors (Lipinski definition) is 1. The summed E-state index contributed by atoms with van der Waals surface area (Å²) in [5.74, 6) is 0.0329. The maximum absolute atomic E-state index is 12.6. The summed E-state index contributed by atoms with van der Waals surface area (Å²) in [4.78, 5) is -0.478. The summed E-state index contributed by atoms with van der Waals surface area (Å²) in [6.45, 7) is 0. The van der Waals surface area contributed by atoms with Gasteiger partial charge >= 0.3 is 0 Å². The van der Waals surface area contributed by atoms with E-state index in [4.69, 9.17) is 16.3 Å². The lowest BCUT2D eigenvalue weighted by Gasteiger charge is -2.07. The largest absolute Gasteiger partial charge is 0.503 e. The van der Waals surface area contributed by atoms with Crippen LogP contribution in [0.15, 0.2) is 50.7 Å². The first-order chi connectivity index (χ1) is 11.3. The number of sulfone groups is 1. The van der Waals surface area contributed by atoms with Gasteiger partial charge < -0.3 is 9.84 Å². The maximum Gasteiger partial charge on any atom is 0.216 e. The first-order valence-corrected chi connectivity index (χ1v) is 9.14. The Morgan fingerprint density at radius 2 is 1.96 bits per heavy atom. The number of phenols is 1. The molecule has 0 bridgehead atoms. The number of hydrogen-bond acceptors (Lipinski definition) is 5. The fourth-order valence-corrected chi connectivity index (χ4v) is 3.64. The molecule has 0 fully saturated rings. The molecule has 1 N–H and O–H groups in total. The van der Waals surface area contributed by atoms with E-state index in [9.17, 15) is 18.8 Å². The van der Waals surface area contributed by atoms with E-state index in [1.165, 1.54) is 49.6 Å². The zero-order valence-electron chi connectivity index (χ0n) is 12.3. The number of allylic oxidation sites excluding steroid dienone is 1. The van der Waals surface area contributed by atoms with Crippen molar-refractivity contribution in [2.24, 2.45) is 0 Å². The maximum atomic E-state index is 12.6. The molecule has 5 nitrogen and oxygen atoms in total. The molecular weight excluding hydrogens is 418 g/mol. The highest BCUT2D eigenvalue weighted by Crippen LogP contribution is 2.36. The minimum absolute atomic E-state index is 0.0375. The van der Waals surface area contributed by atoms with Gasteiger partial charge in [0.25, 0.3) is 0 Å². The molecule has 0 aliphatic carbocycles. The standard InChI is InChI=1S/C16H11BrClNO4S/c1-23-15-8-10(7-14(17)16(15)20)6-13(9-19)24(21,22)12-4-2-11(18)3-5-12/h2-8,20H,1H3. The molecule has 0 aliphatic heterocycles. The highest BCUT2D eigenvalue weighted by atomic mass is 79.9. The highest BCUT2D eigenvalue weighted by Gasteiger charge is 2.21. The van der Waals surface area contributed by atoms with E-state index >= 15 is 0 Å². The quantitative estimate of drug-likeness (QED) is 0.739. The van der Waals surface area contributed by atoms with Gasteiger partial charge in [-0.2, -0.15) is 5.26 Å². The Morgan fingerprint density at radius 1 is 1.33 bits per heavy atom. The Labute approximate surface area is 152 Å². The zero-order valence-corrected chi connectivity index (χ0v) is 15.5. The molecule has 0 spiro atoms. The molecular formula is C16H11BrClNO4S. The Bertz CT molecular complexity index is 947. The summed E-state index contributed by atoms with van der Waals surface area (Å²) >= 11 is 8.90. The van der Waals surface area contributed by atoms with E-state index in [0.29, 0.717) is 15.1 Å². The third kappa shape index (κ3) is 3.73. The molecule has 0 aromatic heterocycles. The van der Waals surface area contributed by atoms with Gasteiger partial charge in [-0.05, 0) is 64.0 Å². The SMILES string of the molecule is COc1cc(C=C(C#N)S(=O)(=O)c2ccc(Cl)cc2)cc(Br)c1O. The highest BCUT2D eigenvalue weighted by molar-refractivity contribution is 9.10. The zero-order chi connectivity index (χ0) is 17.9. The van der Waals surface area contributed by atoms with E-state index in [1.807, 2.05) is 0 Å². The number of methoxy groups -OCH3 is 1. The molecule has 0 unspecified atom stereocenters. The number of aromatic hydroxyl groups is 1. The van der Waals surface area contributed by atoms with E-state index in [-0.39, 0.29) is 16.4 Å². The fourth-order valence-electron chi connectivity index (χ4n) is 1.89. The van der Waals surface area contributed by atoms with E-state index in [1.54, 1.807) is 6.07 Å². The van der Waals surface area contributed by atoms with Crippen LogP contribution in [0, 0.1) is 11.3 Å². The van der Waals surface area contributed by atoms with Crippen molar-refractivity contribution in [2.75, 3.05) is 7.11 Å². The number of nitrogens with zero attached hydrogens (tertiary/aromatic N) is 1. The minimum atomic E-state index is -3.99. The fraction of sp³-hybridized carbons (Fsp3) is 0.0625. The second-order valence-electron chi connectivity index (χ2n) is 4.63. The summed E-state index contributed by atoms with van der Waals surface area (Å²) in [5.41, 5.74) is 0.380. The molecule has 2 aromatic rings. The van der Waals surface area contributed by atoms with Crippen LogP contribution in [0.5, 0.6) is 11.5 Å². The number of nitriles is 1. The van der Waals surface area contributed by atoms with Crippen LogP contribution in [0.1, 0.15) is 5.56 Å². The van der Waals surface area contributed by atoms with Crippen molar-refractivity contribution < 1.29 is 18.3 Å². The van der Waals surface area contributed by atoms with Crippen LogP contribution in [-0.2, 0) is 9.84 Å². The Morgan fingerprint density at radius 3 is 2.50 bits per heavy atom. The Balaban J connectivity index is 2.56. The molecule has 0 saturated heterocycles. The van der Waals surface area contributed by atoms with Crippen molar-refractivity contribution in [1.82, 2.24) is 0 Å². The van der Waals surface area contributed by atoms with Gasteiger partial charge in [0.1, 0.15) is 11.0 Å². The molecule has 24 heavy (non-hydrogen) atoms. The van der Waals surface area contributed by atoms with Crippen molar-refractivity contribution in [1.29, 1.82) is 5.26 Å². The van der Waals surface area contributed by atoms with E-state index < -0.39 is 14.7 Å². The molecule has 8 heteroatoms.